The zero-order chi connectivity index (χ0) is 17.7. The lowest BCUT2D eigenvalue weighted by atomic mass is 10.2. The molecule has 0 fully saturated rings. The van der Waals surface area contributed by atoms with Crippen molar-refractivity contribution in [3.63, 3.8) is 0 Å². The fraction of sp³-hybridized carbons (Fsp3) is 0.118. The first kappa shape index (κ1) is 18.0. The van der Waals surface area contributed by atoms with Crippen LogP contribution in [0.15, 0.2) is 60.0 Å². The second-order valence-corrected chi connectivity index (χ2v) is 7.17. The molecule has 0 unspecified atom stereocenters. The summed E-state index contributed by atoms with van der Waals surface area (Å²) in [6.45, 7) is 5.69. The van der Waals surface area contributed by atoms with Gasteiger partial charge in [0.15, 0.2) is 0 Å². The highest BCUT2D eigenvalue weighted by Gasteiger charge is 2.20. The molecule has 2 aromatic rings. The van der Waals surface area contributed by atoms with Crippen LogP contribution in [0.4, 0.5) is 5.69 Å². The van der Waals surface area contributed by atoms with Gasteiger partial charge < -0.3 is 5.32 Å². The summed E-state index contributed by atoms with van der Waals surface area (Å²) in [6, 6.07) is 11.0. The maximum atomic E-state index is 12.6. The van der Waals surface area contributed by atoms with Gasteiger partial charge in [-0.25, -0.2) is 8.42 Å². The van der Waals surface area contributed by atoms with Gasteiger partial charge in [0, 0.05) is 17.8 Å². The molecule has 2 N–H and O–H groups in total. The first-order valence-electron chi connectivity index (χ1n) is 7.11. The van der Waals surface area contributed by atoms with E-state index < -0.39 is 15.9 Å². The number of anilines is 1. The van der Waals surface area contributed by atoms with Crippen molar-refractivity contribution in [2.45, 2.75) is 11.8 Å². The summed E-state index contributed by atoms with van der Waals surface area (Å²) in [5.74, 6) is -0.404. The summed E-state index contributed by atoms with van der Waals surface area (Å²) >= 11 is 6.01. The molecular weight excluding hydrogens is 348 g/mol. The predicted molar refractivity (Wildman–Crippen MR) is 96.0 cm³/mol. The molecule has 0 aromatic heterocycles. The van der Waals surface area contributed by atoms with Crippen LogP contribution in [0.1, 0.15) is 15.9 Å². The maximum Gasteiger partial charge on any atom is 0.263 e. The first-order chi connectivity index (χ1) is 11.3. The first-order valence-corrected chi connectivity index (χ1v) is 8.98. The molecule has 5 nitrogen and oxygen atoms in total. The molecular formula is C17H17ClN2O3S. The molecule has 0 heterocycles. The van der Waals surface area contributed by atoms with Crippen LogP contribution < -0.4 is 10.0 Å². The molecule has 0 saturated heterocycles. The smallest absolute Gasteiger partial charge is 0.263 e. The minimum Gasteiger partial charge on any atom is -0.349 e. The van der Waals surface area contributed by atoms with E-state index in [9.17, 15) is 13.2 Å². The van der Waals surface area contributed by atoms with Gasteiger partial charge in [0.05, 0.1) is 5.02 Å². The lowest BCUT2D eigenvalue weighted by Crippen LogP contribution is -2.23. The van der Waals surface area contributed by atoms with Gasteiger partial charge in [0.1, 0.15) is 4.90 Å². The molecule has 0 aliphatic carbocycles. The van der Waals surface area contributed by atoms with Crippen LogP contribution in [-0.4, -0.2) is 20.9 Å². The lowest BCUT2D eigenvalue weighted by Gasteiger charge is -2.11. The van der Waals surface area contributed by atoms with Crippen LogP contribution in [0.25, 0.3) is 0 Å². The third kappa shape index (κ3) is 4.37. The largest absolute Gasteiger partial charge is 0.349 e. The van der Waals surface area contributed by atoms with Crippen molar-refractivity contribution in [3.8, 4) is 0 Å². The average Bonchev–Trinajstić information content (AvgIpc) is 2.54. The molecule has 0 aliphatic heterocycles. The molecule has 0 bridgehead atoms. The summed E-state index contributed by atoms with van der Waals surface area (Å²) in [7, 11) is -3.92. The molecule has 24 heavy (non-hydrogen) atoms. The van der Waals surface area contributed by atoms with E-state index >= 15 is 0 Å². The quantitative estimate of drug-likeness (QED) is 0.772. The van der Waals surface area contributed by atoms with Crippen molar-refractivity contribution in [1.29, 1.82) is 0 Å². The molecule has 2 rings (SSSR count). The predicted octanol–water partition coefficient (Wildman–Crippen LogP) is 3.37. The Morgan fingerprint density at radius 3 is 2.50 bits per heavy atom. The Kier molecular flexibility index (Phi) is 5.64. The van der Waals surface area contributed by atoms with Gasteiger partial charge in [-0.1, -0.05) is 35.4 Å². The molecule has 0 aliphatic rings. The average molecular weight is 365 g/mol. The summed E-state index contributed by atoms with van der Waals surface area (Å²) in [4.78, 5) is 11.8. The number of nitrogens with one attached hydrogen (secondary N) is 2. The zero-order valence-electron chi connectivity index (χ0n) is 13.0. The van der Waals surface area contributed by atoms with Crippen molar-refractivity contribution in [2.24, 2.45) is 0 Å². The van der Waals surface area contributed by atoms with Crippen LogP contribution in [0.3, 0.4) is 0 Å². The Morgan fingerprint density at radius 1 is 1.21 bits per heavy atom. The molecule has 0 radical (unpaired) electrons. The van der Waals surface area contributed by atoms with E-state index in [4.69, 9.17) is 11.6 Å². The highest BCUT2D eigenvalue weighted by molar-refractivity contribution is 7.92. The Balaban J connectivity index is 2.33. The highest BCUT2D eigenvalue weighted by atomic mass is 35.5. The van der Waals surface area contributed by atoms with E-state index in [1.165, 1.54) is 24.3 Å². The second-order valence-electron chi connectivity index (χ2n) is 5.12. The van der Waals surface area contributed by atoms with Gasteiger partial charge in [0.25, 0.3) is 15.9 Å². The minimum absolute atomic E-state index is 0.0369. The normalized spacial score (nSPS) is 10.9. The highest BCUT2D eigenvalue weighted by Crippen LogP contribution is 2.25. The van der Waals surface area contributed by atoms with Gasteiger partial charge in [-0.2, -0.15) is 0 Å². The number of rotatable bonds is 6. The van der Waals surface area contributed by atoms with Gasteiger partial charge in [-0.05, 0) is 37.3 Å². The SMILES string of the molecule is C=CCNC(=O)c1ccc(Cl)c(S(=O)(=O)Nc2ccc(C)cc2)c1. The fourth-order valence-corrected chi connectivity index (χ4v) is 3.53. The van der Waals surface area contributed by atoms with Gasteiger partial charge in [0.2, 0.25) is 0 Å². The van der Waals surface area contributed by atoms with Gasteiger partial charge in [-0.15, -0.1) is 6.58 Å². The monoisotopic (exact) mass is 364 g/mol. The van der Waals surface area contributed by atoms with E-state index in [1.807, 2.05) is 6.92 Å². The number of hydrogen-bond donors (Lipinski definition) is 2. The van der Waals surface area contributed by atoms with Crippen LogP contribution in [0.2, 0.25) is 5.02 Å². The molecule has 2 aromatic carbocycles. The van der Waals surface area contributed by atoms with Crippen LogP contribution in [0.5, 0.6) is 0 Å². The number of hydrogen-bond acceptors (Lipinski definition) is 3. The van der Waals surface area contributed by atoms with E-state index in [2.05, 4.69) is 16.6 Å². The van der Waals surface area contributed by atoms with E-state index in [0.717, 1.165) is 5.56 Å². The summed E-state index contributed by atoms with van der Waals surface area (Å²) in [5, 5.41) is 2.62. The van der Waals surface area contributed by atoms with E-state index in [0.29, 0.717) is 5.69 Å². The molecule has 0 saturated carbocycles. The fourth-order valence-electron chi connectivity index (χ4n) is 1.95. The van der Waals surface area contributed by atoms with Gasteiger partial charge >= 0.3 is 0 Å². The van der Waals surface area contributed by atoms with Crippen molar-refractivity contribution >= 4 is 33.2 Å². The molecule has 0 spiro atoms. The van der Waals surface area contributed by atoms with Crippen LogP contribution in [-0.2, 0) is 10.0 Å². The van der Waals surface area contributed by atoms with E-state index in [1.54, 1.807) is 24.3 Å². The van der Waals surface area contributed by atoms with E-state index in [-0.39, 0.29) is 22.0 Å². The number of aryl methyl sites for hydroxylation is 1. The molecule has 0 atom stereocenters. The minimum atomic E-state index is -3.92. The Labute approximate surface area is 146 Å². The van der Waals surface area contributed by atoms with Crippen LogP contribution >= 0.6 is 11.6 Å². The third-order valence-corrected chi connectivity index (χ3v) is 5.06. The number of carbonyl (C=O) groups excluding carboxylic acids is 1. The van der Waals surface area contributed by atoms with Crippen molar-refractivity contribution in [2.75, 3.05) is 11.3 Å². The second kappa shape index (κ2) is 7.51. The number of halogens is 1. The van der Waals surface area contributed by atoms with Crippen LogP contribution in [0, 0.1) is 6.92 Å². The number of carbonyl (C=O) groups is 1. The van der Waals surface area contributed by atoms with Crippen molar-refractivity contribution in [1.82, 2.24) is 5.32 Å². The Morgan fingerprint density at radius 2 is 1.88 bits per heavy atom. The summed E-state index contributed by atoms with van der Waals surface area (Å²) in [5.41, 5.74) is 1.63. The third-order valence-electron chi connectivity index (χ3n) is 3.19. The zero-order valence-corrected chi connectivity index (χ0v) is 14.6. The van der Waals surface area contributed by atoms with Gasteiger partial charge in [-0.3, -0.25) is 9.52 Å². The Bertz CT molecular complexity index is 862. The topological polar surface area (TPSA) is 75.3 Å². The molecule has 126 valence electrons. The standard InChI is InChI=1S/C17H17ClN2O3S/c1-3-10-19-17(21)13-6-9-15(18)16(11-13)24(22,23)20-14-7-4-12(2)5-8-14/h3-9,11,20H,1,10H2,2H3,(H,19,21). The lowest BCUT2D eigenvalue weighted by molar-refractivity contribution is 0.0958. The summed E-state index contributed by atoms with van der Waals surface area (Å²) in [6.07, 6.45) is 1.53. The summed E-state index contributed by atoms with van der Waals surface area (Å²) < 4.78 is 27.6. The number of amides is 1. The number of sulfonamides is 1. The maximum absolute atomic E-state index is 12.6. The van der Waals surface area contributed by atoms with Crippen molar-refractivity contribution in [3.05, 3.63) is 71.3 Å². The molecule has 7 heteroatoms. The van der Waals surface area contributed by atoms with Crippen molar-refractivity contribution < 1.29 is 13.2 Å². The Hall–Kier alpha value is -2.31. The molecule has 1 amide bonds. The number of benzene rings is 2.